The Morgan fingerprint density at radius 3 is 2.95 bits per heavy atom. The largest absolute Gasteiger partial charge is 0.457 e. The van der Waals surface area contributed by atoms with Crippen LogP contribution in [0.3, 0.4) is 0 Å². The predicted molar refractivity (Wildman–Crippen MR) is 79.2 cm³/mol. The summed E-state index contributed by atoms with van der Waals surface area (Å²) in [7, 11) is 0. The van der Waals surface area contributed by atoms with Crippen LogP contribution >= 0.6 is 0 Å². The van der Waals surface area contributed by atoms with Crippen LogP contribution in [0.5, 0.6) is 0 Å². The van der Waals surface area contributed by atoms with Gasteiger partial charge in [-0.3, -0.25) is 0 Å². The van der Waals surface area contributed by atoms with Crippen LogP contribution in [0, 0.1) is 0 Å². The minimum absolute atomic E-state index is 0.0712. The Balaban J connectivity index is 1.56. The van der Waals surface area contributed by atoms with Gasteiger partial charge < -0.3 is 9.15 Å². The fraction of sp³-hybridized carbons (Fsp3) is 0.0625. The zero-order valence-corrected chi connectivity index (χ0v) is 11.4. The van der Waals surface area contributed by atoms with Crippen molar-refractivity contribution >= 4 is 28.0 Å². The Kier molecular flexibility index (Phi) is 2.86. The van der Waals surface area contributed by atoms with E-state index >= 15 is 0 Å². The molecule has 0 aliphatic heterocycles. The maximum absolute atomic E-state index is 12.2. The Labute approximate surface area is 124 Å². The molecule has 108 valence electrons. The molecule has 0 bridgehead atoms. The van der Waals surface area contributed by atoms with Gasteiger partial charge in [-0.1, -0.05) is 24.3 Å². The second kappa shape index (κ2) is 5.00. The van der Waals surface area contributed by atoms with Gasteiger partial charge in [0, 0.05) is 5.39 Å². The second-order valence-electron chi connectivity index (χ2n) is 4.82. The molecule has 0 fully saturated rings. The molecule has 2 aromatic carbocycles. The summed E-state index contributed by atoms with van der Waals surface area (Å²) in [6.45, 7) is 0.0712. The van der Waals surface area contributed by atoms with Crippen molar-refractivity contribution in [2.24, 2.45) is 0 Å². The molecule has 1 N–H and O–H groups in total. The standard InChI is InChI=1S/C16H11N3O3/c20-16(12-5-3-6-13-15(12)18-19-17-13)21-9-11-8-10-4-1-2-7-14(10)22-11/h1-8H,9H2,(H,17,18,19). The van der Waals surface area contributed by atoms with Gasteiger partial charge in [-0.15, -0.1) is 0 Å². The Morgan fingerprint density at radius 1 is 1.14 bits per heavy atom. The number of hydrogen-bond acceptors (Lipinski definition) is 5. The van der Waals surface area contributed by atoms with Crippen LogP contribution in [-0.2, 0) is 11.3 Å². The number of H-pyrrole nitrogens is 1. The molecule has 0 aliphatic rings. The number of hydrogen-bond donors (Lipinski definition) is 1. The van der Waals surface area contributed by atoms with E-state index < -0.39 is 5.97 Å². The average molecular weight is 293 g/mol. The van der Waals surface area contributed by atoms with Crippen molar-refractivity contribution in [2.45, 2.75) is 6.61 Å². The number of furan rings is 1. The molecule has 0 saturated carbocycles. The molecule has 0 spiro atoms. The monoisotopic (exact) mass is 293 g/mol. The first kappa shape index (κ1) is 12.6. The van der Waals surface area contributed by atoms with Gasteiger partial charge in [-0.25, -0.2) is 4.79 Å². The summed E-state index contributed by atoms with van der Waals surface area (Å²) in [5.74, 6) is 0.141. The van der Waals surface area contributed by atoms with Crippen molar-refractivity contribution in [1.29, 1.82) is 0 Å². The fourth-order valence-electron chi connectivity index (χ4n) is 2.36. The number of aromatic nitrogens is 3. The summed E-state index contributed by atoms with van der Waals surface area (Å²) in [5.41, 5.74) is 2.27. The van der Waals surface area contributed by atoms with E-state index in [0.29, 0.717) is 22.4 Å². The summed E-state index contributed by atoms with van der Waals surface area (Å²) in [6.07, 6.45) is 0. The van der Waals surface area contributed by atoms with E-state index in [9.17, 15) is 4.79 Å². The molecule has 6 nitrogen and oxygen atoms in total. The smallest absolute Gasteiger partial charge is 0.340 e. The number of ether oxygens (including phenoxy) is 1. The van der Waals surface area contributed by atoms with E-state index in [0.717, 1.165) is 11.0 Å². The van der Waals surface area contributed by atoms with Crippen molar-refractivity contribution in [2.75, 3.05) is 0 Å². The molecule has 0 aliphatic carbocycles. The molecule has 2 aromatic heterocycles. The summed E-state index contributed by atoms with van der Waals surface area (Å²) in [5, 5.41) is 11.4. The number of aromatic amines is 1. The van der Waals surface area contributed by atoms with Crippen molar-refractivity contribution in [1.82, 2.24) is 15.4 Å². The highest BCUT2D eigenvalue weighted by atomic mass is 16.5. The summed E-state index contributed by atoms with van der Waals surface area (Å²) in [6, 6.07) is 14.7. The topological polar surface area (TPSA) is 81.0 Å². The van der Waals surface area contributed by atoms with E-state index in [4.69, 9.17) is 9.15 Å². The quantitative estimate of drug-likeness (QED) is 0.587. The number of nitrogens with zero attached hydrogens (tertiary/aromatic N) is 2. The van der Waals surface area contributed by atoms with Crippen molar-refractivity contribution in [3.8, 4) is 0 Å². The van der Waals surface area contributed by atoms with Gasteiger partial charge in [-0.2, -0.15) is 15.4 Å². The molecule has 0 radical (unpaired) electrons. The van der Waals surface area contributed by atoms with Crippen LogP contribution < -0.4 is 0 Å². The molecule has 0 unspecified atom stereocenters. The Morgan fingerprint density at radius 2 is 2.05 bits per heavy atom. The summed E-state index contributed by atoms with van der Waals surface area (Å²) < 4.78 is 10.9. The molecule has 0 saturated heterocycles. The van der Waals surface area contributed by atoms with Crippen LogP contribution in [0.1, 0.15) is 16.1 Å². The van der Waals surface area contributed by atoms with E-state index in [1.54, 1.807) is 18.2 Å². The third-order valence-corrected chi connectivity index (χ3v) is 3.39. The lowest BCUT2D eigenvalue weighted by molar-refractivity contribution is 0.0449. The molecule has 2 heterocycles. The van der Waals surface area contributed by atoms with Crippen molar-refractivity contribution in [3.63, 3.8) is 0 Å². The number of benzene rings is 2. The van der Waals surface area contributed by atoms with Crippen LogP contribution in [-0.4, -0.2) is 21.4 Å². The zero-order chi connectivity index (χ0) is 14.9. The Bertz CT molecular complexity index is 938. The predicted octanol–water partition coefficient (Wildman–Crippen LogP) is 3.06. The number of carbonyl (C=O) groups excluding carboxylic acids is 1. The summed E-state index contributed by atoms with van der Waals surface area (Å²) >= 11 is 0. The highest BCUT2D eigenvalue weighted by molar-refractivity contribution is 6.01. The number of para-hydroxylation sites is 2. The lowest BCUT2D eigenvalue weighted by Gasteiger charge is -2.02. The Hall–Kier alpha value is -3.15. The molecular formula is C16H11N3O3. The van der Waals surface area contributed by atoms with Gasteiger partial charge in [0.05, 0.1) is 5.56 Å². The van der Waals surface area contributed by atoms with E-state index in [2.05, 4.69) is 15.4 Å². The third kappa shape index (κ3) is 2.10. The molecule has 4 aromatic rings. The maximum atomic E-state index is 12.2. The number of carbonyl (C=O) groups is 1. The molecule has 4 rings (SSSR count). The van der Waals surface area contributed by atoms with Crippen LogP contribution in [0.4, 0.5) is 0 Å². The fourth-order valence-corrected chi connectivity index (χ4v) is 2.36. The van der Waals surface area contributed by atoms with E-state index in [1.807, 2.05) is 30.3 Å². The number of fused-ring (bicyclic) bond motifs is 2. The van der Waals surface area contributed by atoms with E-state index in [1.165, 1.54) is 0 Å². The number of esters is 1. The highest BCUT2D eigenvalue weighted by Crippen LogP contribution is 2.20. The van der Waals surface area contributed by atoms with Crippen LogP contribution in [0.2, 0.25) is 0 Å². The maximum Gasteiger partial charge on any atom is 0.340 e. The second-order valence-corrected chi connectivity index (χ2v) is 4.82. The molecule has 0 atom stereocenters. The molecule has 0 amide bonds. The lowest BCUT2D eigenvalue weighted by Crippen LogP contribution is -2.05. The minimum atomic E-state index is -0.458. The van der Waals surface area contributed by atoms with Gasteiger partial charge in [0.25, 0.3) is 0 Å². The van der Waals surface area contributed by atoms with Crippen molar-refractivity contribution in [3.05, 3.63) is 59.9 Å². The first-order valence-corrected chi connectivity index (χ1v) is 6.75. The van der Waals surface area contributed by atoms with Crippen molar-refractivity contribution < 1.29 is 13.9 Å². The molecule has 6 heteroatoms. The number of nitrogens with one attached hydrogen (secondary N) is 1. The van der Waals surface area contributed by atoms with Gasteiger partial charge in [0.1, 0.15) is 29.0 Å². The van der Waals surface area contributed by atoms with Crippen LogP contribution in [0.25, 0.3) is 22.0 Å². The minimum Gasteiger partial charge on any atom is -0.457 e. The highest BCUT2D eigenvalue weighted by Gasteiger charge is 2.15. The SMILES string of the molecule is O=C(OCc1cc2ccccc2o1)c1cccc2n[nH]nc12. The lowest BCUT2D eigenvalue weighted by atomic mass is 10.2. The summed E-state index contributed by atoms with van der Waals surface area (Å²) in [4.78, 5) is 12.2. The average Bonchev–Trinajstić information content (AvgIpc) is 3.18. The van der Waals surface area contributed by atoms with E-state index in [-0.39, 0.29) is 6.61 Å². The molecular weight excluding hydrogens is 282 g/mol. The normalized spacial score (nSPS) is 11.1. The van der Waals surface area contributed by atoms with Gasteiger partial charge in [-0.05, 0) is 24.3 Å². The van der Waals surface area contributed by atoms with Gasteiger partial charge in [0.2, 0.25) is 0 Å². The van der Waals surface area contributed by atoms with Crippen LogP contribution in [0.15, 0.2) is 52.9 Å². The van der Waals surface area contributed by atoms with Gasteiger partial charge >= 0.3 is 5.97 Å². The van der Waals surface area contributed by atoms with Gasteiger partial charge in [0.15, 0.2) is 0 Å². The molecule has 22 heavy (non-hydrogen) atoms. The first-order valence-electron chi connectivity index (χ1n) is 6.75. The zero-order valence-electron chi connectivity index (χ0n) is 11.4. The number of rotatable bonds is 3. The first-order chi connectivity index (χ1) is 10.8. The third-order valence-electron chi connectivity index (χ3n) is 3.39.